The van der Waals surface area contributed by atoms with E-state index >= 15 is 0 Å². The monoisotopic (exact) mass is 412 g/mol. The van der Waals surface area contributed by atoms with Gasteiger partial charge in [0, 0.05) is 3.57 Å². The van der Waals surface area contributed by atoms with Gasteiger partial charge < -0.3 is 0 Å². The third kappa shape index (κ3) is 7.02. The zero-order valence-electron chi connectivity index (χ0n) is 14.3. The van der Waals surface area contributed by atoms with Crippen LogP contribution < -0.4 is 0 Å². The highest BCUT2D eigenvalue weighted by molar-refractivity contribution is 14.1. The van der Waals surface area contributed by atoms with E-state index in [0.29, 0.717) is 0 Å². The fraction of sp³-hybridized carbons (Fsp3) is 0.714. The molecule has 1 aliphatic rings. The summed E-state index contributed by atoms with van der Waals surface area (Å²) in [6.45, 7) is 2.31. The molecule has 0 unspecified atom stereocenters. The first-order valence-corrected chi connectivity index (χ1v) is 10.6. The van der Waals surface area contributed by atoms with Gasteiger partial charge in [0.05, 0.1) is 0 Å². The van der Waals surface area contributed by atoms with Crippen LogP contribution in [-0.4, -0.2) is 0 Å². The van der Waals surface area contributed by atoms with Crippen molar-refractivity contribution >= 4 is 22.6 Å². The zero-order chi connectivity index (χ0) is 15.6. The largest absolute Gasteiger partial charge is 0.0654 e. The number of hydrogen-bond acceptors (Lipinski definition) is 0. The van der Waals surface area contributed by atoms with E-state index in [-0.39, 0.29) is 0 Å². The molecule has 1 aliphatic carbocycles. The predicted octanol–water partition coefficient (Wildman–Crippen LogP) is 7.39. The van der Waals surface area contributed by atoms with E-state index in [4.69, 9.17) is 0 Å². The molecule has 124 valence electrons. The Bertz CT molecular complexity index is 387. The minimum Gasteiger partial charge on any atom is -0.0654 e. The van der Waals surface area contributed by atoms with Crippen LogP contribution in [0.4, 0.5) is 0 Å². The molecule has 1 heteroatoms. The molecule has 0 saturated heterocycles. The van der Waals surface area contributed by atoms with Gasteiger partial charge in [-0.25, -0.2) is 0 Å². The van der Waals surface area contributed by atoms with Crippen molar-refractivity contribution in [2.45, 2.75) is 84.0 Å². The van der Waals surface area contributed by atoms with Crippen LogP contribution in [0.5, 0.6) is 0 Å². The molecule has 22 heavy (non-hydrogen) atoms. The molecule has 1 aromatic rings. The zero-order valence-corrected chi connectivity index (χ0v) is 16.5. The van der Waals surface area contributed by atoms with Crippen LogP contribution in [0.25, 0.3) is 0 Å². The van der Waals surface area contributed by atoms with Gasteiger partial charge in [-0.15, -0.1) is 0 Å². The predicted molar refractivity (Wildman–Crippen MR) is 106 cm³/mol. The first-order chi connectivity index (χ1) is 10.8. The van der Waals surface area contributed by atoms with Crippen LogP contribution in [0.1, 0.15) is 83.1 Å². The summed E-state index contributed by atoms with van der Waals surface area (Å²) in [5, 5.41) is 0. The maximum absolute atomic E-state index is 2.38. The average molecular weight is 412 g/mol. The second-order valence-electron chi connectivity index (χ2n) is 7.25. The third-order valence-electron chi connectivity index (χ3n) is 5.42. The summed E-state index contributed by atoms with van der Waals surface area (Å²) in [5.41, 5.74) is 1.51. The maximum Gasteiger partial charge on any atom is 0.0130 e. The van der Waals surface area contributed by atoms with E-state index in [0.717, 1.165) is 11.8 Å². The number of hydrogen-bond donors (Lipinski definition) is 0. The van der Waals surface area contributed by atoms with Crippen LogP contribution in [0.15, 0.2) is 24.3 Å². The molecule has 0 aliphatic heterocycles. The van der Waals surface area contributed by atoms with Gasteiger partial charge in [0.1, 0.15) is 0 Å². The first-order valence-electron chi connectivity index (χ1n) is 9.52. The fourth-order valence-electron chi connectivity index (χ4n) is 3.91. The Balaban J connectivity index is 1.52. The number of benzene rings is 1. The van der Waals surface area contributed by atoms with E-state index in [1.165, 1.54) is 86.2 Å². The van der Waals surface area contributed by atoms with E-state index < -0.39 is 0 Å². The molecule has 0 N–H and O–H groups in total. The highest BCUT2D eigenvalue weighted by Gasteiger charge is 2.20. The molecular formula is C21H33I. The Hall–Kier alpha value is -0.0500. The topological polar surface area (TPSA) is 0 Å². The van der Waals surface area contributed by atoms with Crippen molar-refractivity contribution in [3.05, 3.63) is 33.4 Å². The number of aryl methyl sites for hydroxylation is 1. The lowest BCUT2D eigenvalue weighted by atomic mass is 9.78. The summed E-state index contributed by atoms with van der Waals surface area (Å²) < 4.78 is 1.34. The molecule has 0 nitrogen and oxygen atoms in total. The molecule has 1 aromatic carbocycles. The highest BCUT2D eigenvalue weighted by Crippen LogP contribution is 2.34. The van der Waals surface area contributed by atoms with E-state index in [9.17, 15) is 0 Å². The van der Waals surface area contributed by atoms with Crippen molar-refractivity contribution in [2.75, 3.05) is 0 Å². The summed E-state index contributed by atoms with van der Waals surface area (Å²) in [6, 6.07) is 9.05. The molecule has 1 saturated carbocycles. The minimum atomic E-state index is 1.04. The van der Waals surface area contributed by atoms with Gasteiger partial charge in [-0.05, 0) is 65.0 Å². The summed E-state index contributed by atoms with van der Waals surface area (Å²) in [6.07, 6.45) is 17.4. The lowest BCUT2D eigenvalue weighted by Gasteiger charge is -2.28. The highest BCUT2D eigenvalue weighted by atomic mass is 127. The van der Waals surface area contributed by atoms with Crippen molar-refractivity contribution in [1.29, 1.82) is 0 Å². The maximum atomic E-state index is 2.38. The Morgan fingerprint density at radius 1 is 0.818 bits per heavy atom. The second-order valence-corrected chi connectivity index (χ2v) is 8.50. The van der Waals surface area contributed by atoms with E-state index in [2.05, 4.69) is 53.8 Å². The third-order valence-corrected chi connectivity index (χ3v) is 6.14. The van der Waals surface area contributed by atoms with Gasteiger partial charge in [-0.1, -0.05) is 83.3 Å². The van der Waals surface area contributed by atoms with Crippen molar-refractivity contribution in [2.24, 2.45) is 11.8 Å². The molecule has 0 bridgehead atoms. The van der Waals surface area contributed by atoms with Crippen molar-refractivity contribution < 1.29 is 0 Å². The van der Waals surface area contributed by atoms with Crippen molar-refractivity contribution in [3.8, 4) is 0 Å². The summed E-state index contributed by atoms with van der Waals surface area (Å²) in [7, 11) is 0. The van der Waals surface area contributed by atoms with Gasteiger partial charge >= 0.3 is 0 Å². The molecule has 0 heterocycles. The Morgan fingerprint density at radius 3 is 1.91 bits per heavy atom. The quantitative estimate of drug-likeness (QED) is 0.293. The smallest absolute Gasteiger partial charge is 0.0130 e. The second kappa shape index (κ2) is 10.7. The van der Waals surface area contributed by atoms with Crippen molar-refractivity contribution in [1.82, 2.24) is 0 Å². The lowest BCUT2D eigenvalue weighted by molar-refractivity contribution is 0.245. The Morgan fingerprint density at radius 2 is 1.36 bits per heavy atom. The first kappa shape index (κ1) is 18.3. The molecule has 0 spiro atoms. The summed E-state index contributed by atoms with van der Waals surface area (Å²) >= 11 is 2.38. The van der Waals surface area contributed by atoms with E-state index in [1.807, 2.05) is 0 Å². The molecule has 0 radical (unpaired) electrons. The molecular weight excluding hydrogens is 379 g/mol. The molecule has 0 amide bonds. The van der Waals surface area contributed by atoms with Crippen LogP contribution in [0, 0.1) is 15.4 Å². The van der Waals surface area contributed by atoms with Gasteiger partial charge in [0.15, 0.2) is 0 Å². The van der Waals surface area contributed by atoms with Crippen molar-refractivity contribution in [3.63, 3.8) is 0 Å². The Kier molecular flexibility index (Phi) is 8.87. The Labute approximate surface area is 151 Å². The van der Waals surface area contributed by atoms with Gasteiger partial charge in [-0.3, -0.25) is 0 Å². The average Bonchev–Trinajstić information content (AvgIpc) is 2.55. The number of rotatable bonds is 9. The van der Waals surface area contributed by atoms with Gasteiger partial charge in [0.25, 0.3) is 0 Å². The standard InChI is InChI=1S/C21H33I/c1-2-3-4-7-18-10-12-19(13-11-18)8-5-6-9-20-14-16-21(22)17-15-20/h14-19H,2-13H2,1H3/t18-,19-. The molecule has 0 aromatic heterocycles. The SMILES string of the molecule is CCCCC[C@H]1CC[C@H](CCCCc2ccc(I)cc2)CC1. The van der Waals surface area contributed by atoms with Crippen LogP contribution in [-0.2, 0) is 6.42 Å². The minimum absolute atomic E-state index is 1.04. The van der Waals surface area contributed by atoms with Crippen LogP contribution in [0.2, 0.25) is 0 Å². The number of halogens is 1. The van der Waals surface area contributed by atoms with Gasteiger partial charge in [-0.2, -0.15) is 0 Å². The summed E-state index contributed by atoms with van der Waals surface area (Å²) in [4.78, 5) is 0. The van der Waals surface area contributed by atoms with Gasteiger partial charge in [0.2, 0.25) is 0 Å². The van der Waals surface area contributed by atoms with Crippen LogP contribution >= 0.6 is 22.6 Å². The fourth-order valence-corrected chi connectivity index (χ4v) is 4.26. The van der Waals surface area contributed by atoms with Crippen LogP contribution in [0.3, 0.4) is 0 Å². The molecule has 1 fully saturated rings. The molecule has 2 rings (SSSR count). The lowest BCUT2D eigenvalue weighted by Crippen LogP contribution is -2.14. The normalized spacial score (nSPS) is 21.9. The molecule has 0 atom stereocenters. The van der Waals surface area contributed by atoms with E-state index in [1.54, 1.807) is 0 Å². The number of unbranched alkanes of at least 4 members (excludes halogenated alkanes) is 3. The summed E-state index contributed by atoms with van der Waals surface area (Å²) in [5.74, 6) is 2.11.